The zero-order valence-corrected chi connectivity index (χ0v) is 15.6. The smallest absolute Gasteiger partial charge is 0.269 e. The maximum atomic E-state index is 12.9. The van der Waals surface area contributed by atoms with Crippen LogP contribution in [0.1, 0.15) is 15.9 Å². The highest BCUT2D eigenvalue weighted by Gasteiger charge is 2.14. The number of non-ortho nitro benzene ring substituents is 1. The molecular formula is C22H13ClN2O4. The van der Waals surface area contributed by atoms with Crippen LogP contribution >= 0.6 is 11.6 Å². The van der Waals surface area contributed by atoms with E-state index >= 15 is 0 Å². The summed E-state index contributed by atoms with van der Waals surface area (Å²) in [7, 11) is 0. The van der Waals surface area contributed by atoms with Gasteiger partial charge in [-0.1, -0.05) is 23.7 Å². The summed E-state index contributed by atoms with van der Waals surface area (Å²) in [5.74, 6) is -0.273. The molecule has 0 atom stereocenters. The quantitative estimate of drug-likeness (QED) is 0.294. The molecule has 0 amide bonds. The Morgan fingerprint density at radius 3 is 2.34 bits per heavy atom. The number of carbonyl (C=O) groups excluding carboxylic acids is 1. The summed E-state index contributed by atoms with van der Waals surface area (Å²) < 4.78 is 0. The van der Waals surface area contributed by atoms with Crippen molar-refractivity contribution >= 4 is 34.0 Å². The predicted octanol–water partition coefficient (Wildman–Crippen LogP) is 4.99. The van der Waals surface area contributed by atoms with Crippen LogP contribution in [0.2, 0.25) is 5.02 Å². The lowest BCUT2D eigenvalue weighted by Gasteiger charge is -2.09. The van der Waals surface area contributed by atoms with Gasteiger partial charge in [0.2, 0.25) is 5.56 Å². The number of fused-ring (bicyclic) bond motifs is 1. The van der Waals surface area contributed by atoms with Crippen LogP contribution in [0.3, 0.4) is 0 Å². The monoisotopic (exact) mass is 404 g/mol. The lowest BCUT2D eigenvalue weighted by Crippen LogP contribution is -2.06. The van der Waals surface area contributed by atoms with Gasteiger partial charge in [0.15, 0.2) is 5.78 Å². The van der Waals surface area contributed by atoms with E-state index in [4.69, 9.17) is 11.6 Å². The van der Waals surface area contributed by atoms with Crippen molar-refractivity contribution in [2.24, 2.45) is 0 Å². The molecule has 3 aromatic carbocycles. The number of H-pyrrole nitrogens is 1. The summed E-state index contributed by atoms with van der Waals surface area (Å²) in [4.78, 5) is 38.0. The number of halogens is 1. The number of hydrogen-bond donors (Lipinski definition) is 1. The number of benzene rings is 3. The van der Waals surface area contributed by atoms with Gasteiger partial charge in [0.05, 0.1) is 4.92 Å². The summed E-state index contributed by atoms with van der Waals surface area (Å²) in [6.45, 7) is 0. The van der Waals surface area contributed by atoms with Crippen molar-refractivity contribution in [1.29, 1.82) is 0 Å². The van der Waals surface area contributed by atoms with Crippen LogP contribution < -0.4 is 5.56 Å². The fourth-order valence-corrected chi connectivity index (χ4v) is 3.38. The molecule has 0 fully saturated rings. The average molecular weight is 405 g/mol. The fraction of sp³-hybridized carbons (Fsp3) is 0. The van der Waals surface area contributed by atoms with Crippen LogP contribution in [0.15, 0.2) is 77.6 Å². The molecule has 0 aliphatic carbocycles. The second kappa shape index (κ2) is 7.33. The largest absolute Gasteiger partial charge is 0.322 e. The van der Waals surface area contributed by atoms with Crippen LogP contribution in [0.5, 0.6) is 0 Å². The van der Waals surface area contributed by atoms with Gasteiger partial charge in [0, 0.05) is 45.3 Å². The van der Waals surface area contributed by atoms with E-state index < -0.39 is 4.92 Å². The predicted molar refractivity (Wildman–Crippen MR) is 112 cm³/mol. The zero-order valence-electron chi connectivity index (χ0n) is 14.9. The van der Waals surface area contributed by atoms with Gasteiger partial charge in [-0.15, -0.1) is 0 Å². The van der Waals surface area contributed by atoms with Crippen molar-refractivity contribution in [2.75, 3.05) is 0 Å². The fourth-order valence-electron chi connectivity index (χ4n) is 3.19. The Balaban J connectivity index is 1.84. The number of carbonyl (C=O) groups is 1. The summed E-state index contributed by atoms with van der Waals surface area (Å²) in [6.07, 6.45) is 0. The minimum Gasteiger partial charge on any atom is -0.322 e. The number of nitro groups is 1. The molecule has 4 rings (SSSR count). The molecule has 0 spiro atoms. The molecule has 1 N–H and O–H groups in total. The molecule has 0 radical (unpaired) electrons. The highest BCUT2D eigenvalue weighted by molar-refractivity contribution is 6.30. The van der Waals surface area contributed by atoms with Gasteiger partial charge in [-0.2, -0.15) is 0 Å². The van der Waals surface area contributed by atoms with E-state index in [2.05, 4.69) is 4.98 Å². The Labute approximate surface area is 169 Å². The second-order valence-corrected chi connectivity index (χ2v) is 6.89. The Bertz CT molecular complexity index is 1330. The van der Waals surface area contributed by atoms with Crippen LogP contribution in [-0.2, 0) is 0 Å². The van der Waals surface area contributed by atoms with Crippen LogP contribution in [-0.4, -0.2) is 15.7 Å². The third kappa shape index (κ3) is 3.66. The first-order valence-electron chi connectivity index (χ1n) is 8.64. The van der Waals surface area contributed by atoms with Gasteiger partial charge in [0.1, 0.15) is 0 Å². The zero-order chi connectivity index (χ0) is 20.5. The maximum absolute atomic E-state index is 12.9. The van der Waals surface area contributed by atoms with E-state index in [0.717, 1.165) is 5.56 Å². The van der Waals surface area contributed by atoms with Gasteiger partial charge >= 0.3 is 0 Å². The first kappa shape index (κ1) is 18.6. The van der Waals surface area contributed by atoms with Gasteiger partial charge in [-0.25, -0.2) is 0 Å². The molecule has 0 saturated carbocycles. The molecule has 0 saturated heterocycles. The minimum absolute atomic E-state index is 0.0825. The number of aromatic amines is 1. The molecule has 29 heavy (non-hydrogen) atoms. The number of nitrogens with one attached hydrogen (secondary N) is 1. The first-order chi connectivity index (χ1) is 13.9. The van der Waals surface area contributed by atoms with Gasteiger partial charge in [-0.05, 0) is 53.6 Å². The molecule has 0 bridgehead atoms. The van der Waals surface area contributed by atoms with Crippen molar-refractivity contribution in [3.05, 3.63) is 109 Å². The molecule has 1 heterocycles. The average Bonchev–Trinajstić information content (AvgIpc) is 2.72. The third-order valence-corrected chi connectivity index (χ3v) is 4.82. The lowest BCUT2D eigenvalue weighted by molar-refractivity contribution is -0.384. The molecule has 6 nitrogen and oxygen atoms in total. The standard InChI is InChI=1S/C22H13ClN2O4/c23-16-3-1-2-14(10-16)18-12-21(26)24-20-9-6-15(11-19(18)20)22(27)13-4-7-17(8-5-13)25(28)29/h1-12H,(H,24,26). The molecular weight excluding hydrogens is 392 g/mol. The maximum Gasteiger partial charge on any atom is 0.269 e. The van der Waals surface area contributed by atoms with Gasteiger partial charge < -0.3 is 4.98 Å². The summed E-state index contributed by atoms with van der Waals surface area (Å²) in [5.41, 5.74) is 2.40. The minimum atomic E-state index is -0.516. The van der Waals surface area contributed by atoms with Gasteiger partial charge in [-0.3, -0.25) is 19.7 Å². The molecule has 0 aliphatic rings. The second-order valence-electron chi connectivity index (χ2n) is 6.45. The molecule has 7 heteroatoms. The molecule has 4 aromatic rings. The first-order valence-corrected chi connectivity index (χ1v) is 9.02. The number of nitrogens with zero attached hydrogens (tertiary/aromatic N) is 1. The number of aromatic nitrogens is 1. The van der Waals surface area contributed by atoms with Crippen LogP contribution in [0.25, 0.3) is 22.0 Å². The van der Waals surface area contributed by atoms with E-state index in [0.29, 0.717) is 32.6 Å². The Hall–Kier alpha value is -3.77. The van der Waals surface area contributed by atoms with Crippen LogP contribution in [0.4, 0.5) is 5.69 Å². The Morgan fingerprint density at radius 1 is 0.931 bits per heavy atom. The van der Waals surface area contributed by atoms with E-state index in [9.17, 15) is 19.7 Å². The van der Waals surface area contributed by atoms with Crippen molar-refractivity contribution in [2.45, 2.75) is 0 Å². The number of rotatable bonds is 4. The van der Waals surface area contributed by atoms with E-state index in [1.165, 1.54) is 30.3 Å². The van der Waals surface area contributed by atoms with Crippen molar-refractivity contribution in [3.8, 4) is 11.1 Å². The molecule has 0 aliphatic heterocycles. The third-order valence-electron chi connectivity index (χ3n) is 4.58. The van der Waals surface area contributed by atoms with Crippen molar-refractivity contribution in [3.63, 3.8) is 0 Å². The lowest BCUT2D eigenvalue weighted by atomic mass is 9.97. The number of hydrogen-bond acceptors (Lipinski definition) is 4. The number of ketones is 1. The summed E-state index contributed by atoms with van der Waals surface area (Å²) in [5, 5.41) is 12.0. The molecule has 1 aromatic heterocycles. The van der Waals surface area contributed by atoms with Crippen molar-refractivity contribution in [1.82, 2.24) is 4.98 Å². The summed E-state index contributed by atoms with van der Waals surface area (Å²) >= 11 is 6.09. The Kier molecular flexibility index (Phi) is 4.70. The van der Waals surface area contributed by atoms with Crippen molar-refractivity contribution < 1.29 is 9.72 Å². The number of pyridine rings is 1. The SMILES string of the molecule is O=C(c1ccc([N+](=O)[O-])cc1)c1ccc2[nH]c(=O)cc(-c3cccc(Cl)c3)c2c1. The normalized spacial score (nSPS) is 10.8. The Morgan fingerprint density at radius 2 is 1.66 bits per heavy atom. The van der Waals surface area contributed by atoms with E-state index in [1.54, 1.807) is 36.4 Å². The van der Waals surface area contributed by atoms with Gasteiger partial charge in [0.25, 0.3) is 5.69 Å². The van der Waals surface area contributed by atoms with Crippen LogP contribution in [0, 0.1) is 10.1 Å². The summed E-state index contributed by atoms with van der Waals surface area (Å²) in [6, 6.07) is 19.0. The highest BCUT2D eigenvalue weighted by atomic mass is 35.5. The molecule has 142 valence electrons. The van der Waals surface area contributed by atoms with E-state index in [1.807, 2.05) is 6.07 Å². The number of nitro benzene ring substituents is 1. The van der Waals surface area contributed by atoms with E-state index in [-0.39, 0.29) is 17.0 Å². The molecule has 0 unspecified atom stereocenters. The highest BCUT2D eigenvalue weighted by Crippen LogP contribution is 2.29. The topological polar surface area (TPSA) is 93.1 Å².